The number of aromatic nitrogens is 1. The lowest BCUT2D eigenvalue weighted by atomic mass is 9.99. The van der Waals surface area contributed by atoms with Gasteiger partial charge in [0.25, 0.3) is 0 Å². The molecule has 1 aromatic heterocycles. The minimum Gasteiger partial charge on any atom is -0.436 e. The molecular weight excluding hydrogens is 349 g/mol. The quantitative estimate of drug-likeness (QED) is 0.345. The van der Waals surface area contributed by atoms with Crippen molar-refractivity contribution in [2.45, 2.75) is 0 Å². The maximum Gasteiger partial charge on any atom is 0.227 e. The number of benzene rings is 4. The van der Waals surface area contributed by atoms with Crippen molar-refractivity contribution in [2.24, 2.45) is 0 Å². The van der Waals surface area contributed by atoms with E-state index in [-0.39, 0.29) is 5.82 Å². The van der Waals surface area contributed by atoms with Crippen LogP contribution in [-0.4, -0.2) is 4.98 Å². The van der Waals surface area contributed by atoms with Crippen LogP contribution in [0.25, 0.3) is 44.8 Å². The third kappa shape index (κ3) is 3.08. The first-order valence-corrected chi connectivity index (χ1v) is 9.09. The Morgan fingerprint density at radius 1 is 0.571 bits per heavy atom. The van der Waals surface area contributed by atoms with E-state index in [1.54, 1.807) is 12.1 Å². The van der Waals surface area contributed by atoms with Gasteiger partial charge < -0.3 is 4.42 Å². The molecule has 0 aliphatic rings. The Labute approximate surface area is 161 Å². The van der Waals surface area contributed by atoms with Crippen LogP contribution in [0.5, 0.6) is 0 Å². The third-order valence-electron chi connectivity index (χ3n) is 4.78. The summed E-state index contributed by atoms with van der Waals surface area (Å²) < 4.78 is 19.4. The molecule has 0 aliphatic carbocycles. The van der Waals surface area contributed by atoms with Gasteiger partial charge in [-0.15, -0.1) is 0 Å². The molecule has 0 aliphatic heterocycles. The fraction of sp³-hybridized carbons (Fsp3) is 0. The highest BCUT2D eigenvalue weighted by Gasteiger charge is 2.09. The van der Waals surface area contributed by atoms with E-state index in [2.05, 4.69) is 17.1 Å². The SMILES string of the molecule is Fc1cccc(-c2ccc(-c3cccc(-c4nc5ccccc5o4)c3)cc2)c1. The predicted octanol–water partition coefficient (Wildman–Crippen LogP) is 6.97. The molecule has 2 nitrogen and oxygen atoms in total. The lowest BCUT2D eigenvalue weighted by Gasteiger charge is -2.06. The number of oxazole rings is 1. The second-order valence-corrected chi connectivity index (χ2v) is 6.66. The van der Waals surface area contributed by atoms with Crippen molar-refractivity contribution in [3.63, 3.8) is 0 Å². The standard InChI is InChI=1S/C25H16FNO/c26-22-8-4-6-20(16-22)18-13-11-17(12-14-18)19-5-3-7-21(15-19)25-27-23-9-1-2-10-24(23)28-25/h1-16H. The number of hydrogen-bond donors (Lipinski definition) is 0. The summed E-state index contributed by atoms with van der Waals surface area (Å²) in [6.07, 6.45) is 0. The largest absolute Gasteiger partial charge is 0.436 e. The average Bonchev–Trinajstić information content (AvgIpc) is 3.18. The molecule has 0 atom stereocenters. The van der Waals surface area contributed by atoms with Crippen molar-refractivity contribution in [3.8, 4) is 33.7 Å². The van der Waals surface area contributed by atoms with E-state index < -0.39 is 0 Å². The average molecular weight is 365 g/mol. The first-order valence-electron chi connectivity index (χ1n) is 9.09. The molecule has 3 heteroatoms. The van der Waals surface area contributed by atoms with Gasteiger partial charge in [-0.25, -0.2) is 9.37 Å². The zero-order chi connectivity index (χ0) is 18.9. The maximum absolute atomic E-state index is 13.5. The molecule has 0 spiro atoms. The molecule has 1 heterocycles. The van der Waals surface area contributed by atoms with Gasteiger partial charge in [0.05, 0.1) is 0 Å². The molecule has 0 radical (unpaired) electrons. The number of hydrogen-bond acceptors (Lipinski definition) is 2. The van der Waals surface area contributed by atoms with Gasteiger partial charge in [0.15, 0.2) is 5.58 Å². The molecule has 0 amide bonds. The lowest BCUT2D eigenvalue weighted by Crippen LogP contribution is -1.83. The monoisotopic (exact) mass is 365 g/mol. The van der Waals surface area contributed by atoms with Gasteiger partial charge in [-0.3, -0.25) is 0 Å². The van der Waals surface area contributed by atoms with Crippen molar-refractivity contribution < 1.29 is 8.81 Å². The molecule has 0 bridgehead atoms. The second-order valence-electron chi connectivity index (χ2n) is 6.66. The second kappa shape index (κ2) is 6.78. The van der Waals surface area contributed by atoms with Gasteiger partial charge in [-0.1, -0.05) is 60.7 Å². The summed E-state index contributed by atoms with van der Waals surface area (Å²) in [5, 5.41) is 0. The number of rotatable bonds is 3. The summed E-state index contributed by atoms with van der Waals surface area (Å²) in [6.45, 7) is 0. The van der Waals surface area contributed by atoms with E-state index in [0.717, 1.165) is 38.9 Å². The van der Waals surface area contributed by atoms with E-state index in [9.17, 15) is 4.39 Å². The van der Waals surface area contributed by atoms with E-state index >= 15 is 0 Å². The van der Waals surface area contributed by atoms with Gasteiger partial charge in [0.1, 0.15) is 11.3 Å². The smallest absolute Gasteiger partial charge is 0.227 e. The van der Waals surface area contributed by atoms with Crippen LogP contribution >= 0.6 is 0 Å². The first kappa shape index (κ1) is 16.5. The van der Waals surface area contributed by atoms with Crippen LogP contribution in [0.1, 0.15) is 0 Å². The van der Waals surface area contributed by atoms with Gasteiger partial charge in [0.2, 0.25) is 5.89 Å². The maximum atomic E-state index is 13.5. The minimum absolute atomic E-state index is 0.229. The fourth-order valence-corrected chi connectivity index (χ4v) is 3.35. The molecule has 4 aromatic carbocycles. The molecule has 28 heavy (non-hydrogen) atoms. The molecule has 0 N–H and O–H groups in total. The molecular formula is C25H16FNO. The summed E-state index contributed by atoms with van der Waals surface area (Å²) in [4.78, 5) is 4.58. The van der Waals surface area contributed by atoms with Crippen LogP contribution in [0.3, 0.4) is 0 Å². The predicted molar refractivity (Wildman–Crippen MR) is 110 cm³/mol. The van der Waals surface area contributed by atoms with Crippen molar-refractivity contribution in [1.82, 2.24) is 4.98 Å². The Morgan fingerprint density at radius 2 is 1.21 bits per heavy atom. The van der Waals surface area contributed by atoms with Crippen molar-refractivity contribution in [2.75, 3.05) is 0 Å². The summed E-state index contributed by atoms with van der Waals surface area (Å²) >= 11 is 0. The fourth-order valence-electron chi connectivity index (χ4n) is 3.35. The molecule has 5 aromatic rings. The van der Waals surface area contributed by atoms with Crippen molar-refractivity contribution >= 4 is 11.1 Å². The molecule has 5 rings (SSSR count). The van der Waals surface area contributed by atoms with E-state index in [1.807, 2.05) is 66.7 Å². The van der Waals surface area contributed by atoms with Crippen molar-refractivity contribution in [3.05, 3.63) is 103 Å². The van der Waals surface area contributed by atoms with Crippen LogP contribution in [-0.2, 0) is 0 Å². The lowest BCUT2D eigenvalue weighted by molar-refractivity contribution is 0.620. The Balaban J connectivity index is 1.49. The highest BCUT2D eigenvalue weighted by Crippen LogP contribution is 2.30. The topological polar surface area (TPSA) is 26.0 Å². The Bertz CT molecular complexity index is 1240. The molecule has 0 saturated carbocycles. The summed E-state index contributed by atoms with van der Waals surface area (Å²) in [7, 11) is 0. The van der Waals surface area contributed by atoms with E-state index in [0.29, 0.717) is 5.89 Å². The van der Waals surface area contributed by atoms with Crippen LogP contribution in [0.15, 0.2) is 101 Å². The van der Waals surface area contributed by atoms with Crippen molar-refractivity contribution in [1.29, 1.82) is 0 Å². The van der Waals surface area contributed by atoms with Crippen LogP contribution < -0.4 is 0 Å². The third-order valence-corrected chi connectivity index (χ3v) is 4.78. The molecule has 0 unspecified atom stereocenters. The Kier molecular flexibility index (Phi) is 3.99. The number of fused-ring (bicyclic) bond motifs is 1. The summed E-state index contributed by atoms with van der Waals surface area (Å²) in [5.74, 6) is 0.382. The van der Waals surface area contributed by atoms with Crippen LogP contribution in [0.2, 0.25) is 0 Å². The zero-order valence-corrected chi connectivity index (χ0v) is 15.0. The van der Waals surface area contributed by atoms with E-state index in [1.165, 1.54) is 6.07 Å². The Morgan fingerprint density at radius 3 is 1.93 bits per heavy atom. The van der Waals surface area contributed by atoms with Gasteiger partial charge >= 0.3 is 0 Å². The van der Waals surface area contributed by atoms with Crippen LogP contribution in [0.4, 0.5) is 4.39 Å². The van der Waals surface area contributed by atoms with Crippen LogP contribution in [0, 0.1) is 5.82 Å². The molecule has 134 valence electrons. The van der Waals surface area contributed by atoms with Gasteiger partial charge in [-0.2, -0.15) is 0 Å². The zero-order valence-electron chi connectivity index (χ0n) is 15.0. The molecule has 0 saturated heterocycles. The van der Waals surface area contributed by atoms with Gasteiger partial charge in [-0.05, 0) is 58.7 Å². The minimum atomic E-state index is -0.229. The Hall–Kier alpha value is -3.72. The highest BCUT2D eigenvalue weighted by atomic mass is 19.1. The van der Waals surface area contributed by atoms with Gasteiger partial charge in [0, 0.05) is 5.56 Å². The first-order chi connectivity index (χ1) is 13.8. The summed E-state index contributed by atoms with van der Waals surface area (Å²) in [6, 6.07) is 30.6. The van der Waals surface area contributed by atoms with E-state index in [4.69, 9.17) is 4.42 Å². The summed E-state index contributed by atoms with van der Waals surface area (Å²) in [5.41, 5.74) is 6.57. The number of nitrogens with zero attached hydrogens (tertiary/aromatic N) is 1. The molecule has 0 fully saturated rings. The normalized spacial score (nSPS) is 11.0. The number of halogens is 1. The number of para-hydroxylation sites is 2. The highest BCUT2D eigenvalue weighted by molar-refractivity contribution is 5.78.